The summed E-state index contributed by atoms with van der Waals surface area (Å²) < 4.78 is 10.4. The number of anilines is 1. The van der Waals surface area contributed by atoms with Gasteiger partial charge < -0.3 is 19.9 Å². The van der Waals surface area contributed by atoms with E-state index in [2.05, 4.69) is 25.9 Å². The van der Waals surface area contributed by atoms with E-state index < -0.39 is 5.92 Å². The Labute approximate surface area is 150 Å². The summed E-state index contributed by atoms with van der Waals surface area (Å²) >= 11 is 0. The second-order valence-corrected chi connectivity index (χ2v) is 5.53. The van der Waals surface area contributed by atoms with Gasteiger partial charge in [-0.3, -0.25) is 15.1 Å². The van der Waals surface area contributed by atoms with Gasteiger partial charge in [0.05, 0.1) is 25.8 Å². The van der Waals surface area contributed by atoms with Crippen molar-refractivity contribution in [1.29, 1.82) is 0 Å². The number of hydrogen-bond acceptors (Lipinski definition) is 6. The minimum atomic E-state index is -0.636. The van der Waals surface area contributed by atoms with Crippen molar-refractivity contribution in [3.8, 4) is 11.5 Å². The van der Waals surface area contributed by atoms with Gasteiger partial charge in [-0.05, 0) is 36.2 Å². The predicted molar refractivity (Wildman–Crippen MR) is 94.2 cm³/mol. The third kappa shape index (κ3) is 3.97. The van der Waals surface area contributed by atoms with Crippen molar-refractivity contribution >= 4 is 11.6 Å². The third-order valence-electron chi connectivity index (χ3n) is 3.93. The first-order valence-electron chi connectivity index (χ1n) is 7.96. The highest BCUT2D eigenvalue weighted by molar-refractivity contribution is 5.96. The monoisotopic (exact) mass is 352 g/mol. The highest BCUT2D eigenvalue weighted by atomic mass is 16.5. The molecule has 1 aromatic heterocycles. The third-order valence-corrected chi connectivity index (χ3v) is 3.93. The van der Waals surface area contributed by atoms with Crippen molar-refractivity contribution in [3.63, 3.8) is 0 Å². The molecule has 0 spiro atoms. The Kier molecular flexibility index (Phi) is 5.43. The summed E-state index contributed by atoms with van der Waals surface area (Å²) in [6.45, 7) is 0. The average Bonchev–Trinajstić information content (AvgIpc) is 3.21. The first kappa shape index (κ1) is 17.4. The number of benzene rings is 2. The molecule has 0 aliphatic rings. The first-order chi connectivity index (χ1) is 12.7. The highest BCUT2D eigenvalue weighted by Gasteiger charge is 2.22. The zero-order chi connectivity index (χ0) is 18.4. The maximum atomic E-state index is 12.9. The number of ether oxygens (including phenoxy) is 2. The molecule has 8 heteroatoms. The lowest BCUT2D eigenvalue weighted by Gasteiger charge is -2.18. The summed E-state index contributed by atoms with van der Waals surface area (Å²) in [4.78, 5) is 12.9. The van der Waals surface area contributed by atoms with Crippen molar-refractivity contribution in [3.05, 3.63) is 59.9 Å². The largest absolute Gasteiger partial charge is 0.497 e. The number of methoxy groups -OCH3 is 2. The molecule has 0 radical (unpaired) electrons. The second-order valence-electron chi connectivity index (χ2n) is 5.53. The van der Waals surface area contributed by atoms with Gasteiger partial charge in [0.15, 0.2) is 0 Å². The molecule has 1 amide bonds. The van der Waals surface area contributed by atoms with Crippen LogP contribution in [0.3, 0.4) is 0 Å². The van der Waals surface area contributed by atoms with Crippen LogP contribution >= 0.6 is 0 Å². The Bertz CT molecular complexity index is 850. The number of hydrogen-bond donors (Lipinski definition) is 1. The number of aromatic nitrogens is 4. The predicted octanol–water partition coefficient (Wildman–Crippen LogP) is 1.81. The summed E-state index contributed by atoms with van der Waals surface area (Å²) in [5, 5.41) is 17.6. The van der Waals surface area contributed by atoms with Crippen molar-refractivity contribution in [2.45, 2.75) is 12.3 Å². The first-order valence-corrected chi connectivity index (χ1v) is 7.96. The van der Waals surface area contributed by atoms with Crippen molar-refractivity contribution in [2.75, 3.05) is 19.5 Å². The molecule has 0 saturated heterocycles. The SMILES string of the molecule is COc1ccc(C[C@H](C(=O)Nc2ccccc2OC)c2nnn[n-]2)cc1. The minimum Gasteiger partial charge on any atom is -0.497 e. The molecule has 0 aliphatic heterocycles. The molecule has 0 aliphatic carbocycles. The quantitative estimate of drug-likeness (QED) is 0.692. The standard InChI is InChI=1S/C18H19N5O3/c1-25-13-9-7-12(8-10-13)11-14(17-20-22-23-21-17)18(24)19-15-5-3-4-6-16(15)26-2/h3-10,14H,11H2,1-2H3,(H2,19,20,21,22,23,24)/p-1/t14-/m0/s1. The van der Waals surface area contributed by atoms with Crippen molar-refractivity contribution in [1.82, 2.24) is 20.6 Å². The van der Waals surface area contributed by atoms with E-state index in [4.69, 9.17) is 9.47 Å². The summed E-state index contributed by atoms with van der Waals surface area (Å²) in [7, 11) is 3.15. The van der Waals surface area contributed by atoms with Crippen LogP contribution in [-0.4, -0.2) is 35.7 Å². The van der Waals surface area contributed by atoms with Crippen LogP contribution < -0.4 is 19.9 Å². The fourth-order valence-corrected chi connectivity index (χ4v) is 2.56. The average molecular weight is 352 g/mol. The van der Waals surface area contributed by atoms with Gasteiger partial charge in [0.2, 0.25) is 5.91 Å². The normalized spacial score (nSPS) is 11.6. The number of nitrogens with zero attached hydrogens (tertiary/aromatic N) is 4. The lowest BCUT2D eigenvalue weighted by atomic mass is 9.97. The zero-order valence-electron chi connectivity index (χ0n) is 14.4. The summed E-state index contributed by atoms with van der Waals surface area (Å²) in [6.07, 6.45) is 0.401. The Morgan fingerprint density at radius 1 is 1.12 bits per heavy atom. The lowest BCUT2D eigenvalue weighted by Crippen LogP contribution is -2.24. The molecule has 3 rings (SSSR count). The number of nitrogens with one attached hydrogen (secondary N) is 1. The fourth-order valence-electron chi connectivity index (χ4n) is 2.56. The molecule has 134 valence electrons. The van der Waals surface area contributed by atoms with Gasteiger partial charge in [-0.1, -0.05) is 24.3 Å². The van der Waals surface area contributed by atoms with E-state index in [-0.39, 0.29) is 11.7 Å². The van der Waals surface area contributed by atoms with Gasteiger partial charge >= 0.3 is 0 Å². The van der Waals surface area contributed by atoms with Gasteiger partial charge in [0.1, 0.15) is 11.5 Å². The Hall–Kier alpha value is -3.42. The van der Waals surface area contributed by atoms with Gasteiger partial charge in [-0.15, -0.1) is 0 Å². The van der Waals surface area contributed by atoms with Crippen LogP contribution in [-0.2, 0) is 11.2 Å². The fraction of sp³-hybridized carbons (Fsp3) is 0.222. The molecule has 0 saturated carbocycles. The molecule has 1 N–H and O–H groups in total. The maximum Gasteiger partial charge on any atom is 0.232 e. The maximum absolute atomic E-state index is 12.9. The van der Waals surface area contributed by atoms with Gasteiger partial charge in [0.25, 0.3) is 0 Å². The molecule has 2 aromatic carbocycles. The number of tetrazole rings is 1. The van der Waals surface area contributed by atoms with Crippen molar-refractivity contribution < 1.29 is 14.3 Å². The molecule has 0 fully saturated rings. The van der Waals surface area contributed by atoms with E-state index in [0.717, 1.165) is 11.3 Å². The number of carbonyl (C=O) groups is 1. The topological polar surface area (TPSA) is 100 Å². The smallest absolute Gasteiger partial charge is 0.232 e. The Morgan fingerprint density at radius 3 is 2.54 bits per heavy atom. The van der Waals surface area contributed by atoms with E-state index in [1.54, 1.807) is 26.4 Å². The molecular formula is C18H18N5O3-. The number of amides is 1. The Morgan fingerprint density at radius 2 is 1.88 bits per heavy atom. The zero-order valence-corrected chi connectivity index (χ0v) is 14.4. The van der Waals surface area contributed by atoms with Crippen LogP contribution in [0.25, 0.3) is 0 Å². The Balaban J connectivity index is 1.82. The summed E-state index contributed by atoms with van der Waals surface area (Å²) in [5.74, 6) is 0.692. The van der Waals surface area contributed by atoms with Crippen LogP contribution in [0, 0.1) is 0 Å². The lowest BCUT2D eigenvalue weighted by molar-refractivity contribution is -0.117. The summed E-state index contributed by atoms with van der Waals surface area (Å²) in [5.41, 5.74) is 1.52. The van der Waals surface area contributed by atoms with E-state index in [0.29, 0.717) is 17.9 Å². The summed E-state index contributed by atoms with van der Waals surface area (Å²) in [6, 6.07) is 14.7. The molecule has 1 atom stereocenters. The highest BCUT2D eigenvalue weighted by Crippen LogP contribution is 2.26. The van der Waals surface area contributed by atoms with Gasteiger partial charge in [0, 0.05) is 5.82 Å². The van der Waals surface area contributed by atoms with Crippen LogP contribution in [0.15, 0.2) is 48.5 Å². The van der Waals surface area contributed by atoms with Crippen molar-refractivity contribution in [2.24, 2.45) is 0 Å². The van der Waals surface area contributed by atoms with Crippen LogP contribution in [0.2, 0.25) is 0 Å². The van der Waals surface area contributed by atoms with Crippen LogP contribution in [0.5, 0.6) is 11.5 Å². The number of para-hydroxylation sites is 2. The molecule has 1 heterocycles. The van der Waals surface area contributed by atoms with E-state index >= 15 is 0 Å². The molecular weight excluding hydrogens is 334 g/mol. The molecule has 0 bridgehead atoms. The van der Waals surface area contributed by atoms with E-state index in [1.165, 1.54) is 0 Å². The molecule has 26 heavy (non-hydrogen) atoms. The minimum absolute atomic E-state index is 0.264. The number of rotatable bonds is 7. The van der Waals surface area contributed by atoms with Crippen LogP contribution in [0.1, 0.15) is 17.3 Å². The van der Waals surface area contributed by atoms with Gasteiger partial charge in [-0.25, -0.2) is 0 Å². The van der Waals surface area contributed by atoms with Crippen LogP contribution in [0.4, 0.5) is 5.69 Å². The van der Waals surface area contributed by atoms with Gasteiger partial charge in [-0.2, -0.15) is 5.21 Å². The second kappa shape index (κ2) is 8.11. The van der Waals surface area contributed by atoms with E-state index in [9.17, 15) is 4.79 Å². The molecule has 3 aromatic rings. The number of carbonyl (C=O) groups excluding carboxylic acids is 1. The molecule has 8 nitrogen and oxygen atoms in total. The molecule has 0 unspecified atom stereocenters. The van der Waals surface area contributed by atoms with E-state index in [1.807, 2.05) is 36.4 Å².